The third kappa shape index (κ3) is 8.14. The second kappa shape index (κ2) is 15.9. The van der Waals surface area contributed by atoms with Gasteiger partial charge in [-0.3, -0.25) is 15.0 Å². The smallest absolute Gasteiger partial charge is 0.300 e. The van der Waals surface area contributed by atoms with Crippen molar-refractivity contribution in [1.82, 2.24) is 20.1 Å². The van der Waals surface area contributed by atoms with Crippen LogP contribution < -0.4 is 10.1 Å². The Hall–Kier alpha value is -3.24. The summed E-state index contributed by atoms with van der Waals surface area (Å²) in [6.45, 7) is 7.76. The molecule has 1 aromatic heterocycles. The number of nitrogens with zero attached hydrogens (tertiary/aromatic N) is 5. The molecule has 1 unspecified atom stereocenters. The summed E-state index contributed by atoms with van der Waals surface area (Å²) in [5.74, 6) is 1.76. The van der Waals surface area contributed by atoms with Gasteiger partial charge in [-0.05, 0) is 104 Å². The molecule has 1 N–H and O–H groups in total. The van der Waals surface area contributed by atoms with E-state index in [1.165, 1.54) is 108 Å². The van der Waals surface area contributed by atoms with Crippen LogP contribution in [-0.4, -0.2) is 77.0 Å². The predicted molar refractivity (Wildman–Crippen MR) is 177 cm³/mol. The maximum absolute atomic E-state index is 11.2. The predicted octanol–water partition coefficient (Wildman–Crippen LogP) is 7.33. The van der Waals surface area contributed by atoms with Crippen molar-refractivity contribution < 1.29 is 14.3 Å². The lowest BCUT2D eigenvalue weighted by molar-refractivity contribution is -0.383. The van der Waals surface area contributed by atoms with Crippen molar-refractivity contribution in [2.75, 3.05) is 51.2 Å². The minimum Gasteiger partial charge on any atom is -0.493 e. The molecule has 10 heteroatoms. The number of piperazine rings is 1. The van der Waals surface area contributed by atoms with Gasteiger partial charge in [0, 0.05) is 44.8 Å². The van der Waals surface area contributed by atoms with Crippen LogP contribution in [0.25, 0.3) is 11.0 Å². The number of benzene rings is 2. The van der Waals surface area contributed by atoms with Crippen molar-refractivity contribution in [1.29, 1.82) is 0 Å². The number of hydrogen-bond donors (Lipinski definition) is 1. The molecule has 3 aliphatic rings. The van der Waals surface area contributed by atoms with Gasteiger partial charge in [0.15, 0.2) is 5.52 Å². The summed E-state index contributed by atoms with van der Waals surface area (Å²) in [5, 5.41) is 22.0. The lowest BCUT2D eigenvalue weighted by Crippen LogP contribution is -2.50. The maximum Gasteiger partial charge on any atom is 0.300 e. The molecular weight excluding hydrogens is 568 g/mol. The van der Waals surface area contributed by atoms with E-state index in [-0.39, 0.29) is 11.2 Å². The Morgan fingerprint density at radius 2 is 1.73 bits per heavy atom. The van der Waals surface area contributed by atoms with E-state index in [4.69, 9.17) is 9.37 Å². The lowest BCUT2D eigenvalue weighted by atomic mass is 9.80. The Kier molecular flexibility index (Phi) is 11.2. The number of rotatable bonds is 15. The quantitative estimate of drug-likeness (QED) is 0.106. The van der Waals surface area contributed by atoms with Crippen LogP contribution in [0.2, 0.25) is 0 Å². The zero-order valence-electron chi connectivity index (χ0n) is 26.8. The largest absolute Gasteiger partial charge is 0.493 e. The Morgan fingerprint density at radius 3 is 2.58 bits per heavy atom. The average molecular weight is 619 g/mol. The number of hydrogen-bond acceptors (Lipinski definition) is 9. The first kappa shape index (κ1) is 31.7. The van der Waals surface area contributed by atoms with Crippen molar-refractivity contribution >= 4 is 22.4 Å². The number of ether oxygens (including phenoxy) is 1. The van der Waals surface area contributed by atoms with E-state index >= 15 is 0 Å². The Labute approximate surface area is 267 Å². The highest BCUT2D eigenvalue weighted by molar-refractivity contribution is 5.93. The van der Waals surface area contributed by atoms with E-state index in [0.717, 1.165) is 57.0 Å². The van der Waals surface area contributed by atoms with Crippen LogP contribution in [0, 0.1) is 10.1 Å². The van der Waals surface area contributed by atoms with E-state index < -0.39 is 4.92 Å². The summed E-state index contributed by atoms with van der Waals surface area (Å²) in [4.78, 5) is 16.2. The van der Waals surface area contributed by atoms with Gasteiger partial charge in [0.1, 0.15) is 5.75 Å². The van der Waals surface area contributed by atoms with Crippen molar-refractivity contribution in [3.05, 3.63) is 51.6 Å². The number of nitro groups is 1. The number of aromatic nitrogens is 2. The summed E-state index contributed by atoms with van der Waals surface area (Å²) in [6.07, 6.45) is 17.6. The molecule has 0 spiro atoms. The third-order valence-corrected chi connectivity index (χ3v) is 10.3. The van der Waals surface area contributed by atoms with Crippen LogP contribution >= 0.6 is 0 Å². The SMILES string of the molecule is O=[N+]([O-])c1ccc(NCCCCCCOc2cccc3c2CCCC3CCCN2CCN(C3CCCCC3)CC2)c2nonc12. The first-order valence-corrected chi connectivity index (χ1v) is 17.5. The van der Waals surface area contributed by atoms with Crippen molar-refractivity contribution in [3.63, 3.8) is 0 Å². The molecule has 2 aromatic carbocycles. The molecule has 1 saturated heterocycles. The normalized spacial score (nSPS) is 19.9. The zero-order chi connectivity index (χ0) is 30.8. The van der Waals surface area contributed by atoms with Crippen LogP contribution in [-0.2, 0) is 6.42 Å². The topological polar surface area (TPSA) is 110 Å². The fourth-order valence-corrected chi connectivity index (χ4v) is 7.84. The fourth-order valence-electron chi connectivity index (χ4n) is 7.84. The molecule has 0 bridgehead atoms. The molecule has 2 fully saturated rings. The second-order valence-electron chi connectivity index (χ2n) is 13.3. The molecule has 2 aliphatic carbocycles. The van der Waals surface area contributed by atoms with E-state index in [1.54, 1.807) is 6.07 Å². The van der Waals surface area contributed by atoms with Crippen molar-refractivity contribution in [2.24, 2.45) is 0 Å². The number of nitro benzene ring substituents is 1. The summed E-state index contributed by atoms with van der Waals surface area (Å²) in [7, 11) is 0. The van der Waals surface area contributed by atoms with E-state index in [2.05, 4.69) is 43.6 Å². The highest BCUT2D eigenvalue weighted by atomic mass is 16.6. The second-order valence-corrected chi connectivity index (χ2v) is 13.3. The van der Waals surface area contributed by atoms with Gasteiger partial charge in [0.25, 0.3) is 0 Å². The van der Waals surface area contributed by atoms with Crippen molar-refractivity contribution in [2.45, 2.75) is 102 Å². The summed E-state index contributed by atoms with van der Waals surface area (Å²) >= 11 is 0. The van der Waals surface area contributed by atoms with Gasteiger partial charge >= 0.3 is 5.69 Å². The summed E-state index contributed by atoms with van der Waals surface area (Å²) < 4.78 is 11.1. The number of nitrogens with one attached hydrogen (secondary N) is 1. The Morgan fingerprint density at radius 1 is 0.911 bits per heavy atom. The average Bonchev–Trinajstić information content (AvgIpc) is 3.57. The maximum atomic E-state index is 11.2. The first-order chi connectivity index (χ1) is 22.2. The van der Waals surface area contributed by atoms with Gasteiger partial charge < -0.3 is 15.0 Å². The summed E-state index contributed by atoms with van der Waals surface area (Å²) in [6, 6.07) is 10.7. The van der Waals surface area contributed by atoms with Gasteiger partial charge in [0.2, 0.25) is 5.52 Å². The number of unbranched alkanes of at least 4 members (excludes halogenated alkanes) is 3. The van der Waals surface area contributed by atoms with Crippen LogP contribution in [0.3, 0.4) is 0 Å². The van der Waals surface area contributed by atoms with Crippen molar-refractivity contribution in [3.8, 4) is 5.75 Å². The molecule has 1 atom stereocenters. The van der Waals surface area contributed by atoms with E-state index in [9.17, 15) is 10.1 Å². The highest BCUT2D eigenvalue weighted by Crippen LogP contribution is 2.39. The zero-order valence-corrected chi connectivity index (χ0v) is 26.8. The highest BCUT2D eigenvalue weighted by Gasteiger charge is 2.26. The summed E-state index contributed by atoms with van der Waals surface area (Å²) in [5.41, 5.74) is 4.18. The molecule has 6 rings (SSSR count). The number of non-ortho nitro benzene ring substituents is 1. The van der Waals surface area contributed by atoms with Gasteiger partial charge in [-0.15, -0.1) is 0 Å². The number of fused-ring (bicyclic) bond motifs is 2. The molecule has 3 aromatic rings. The molecule has 10 nitrogen and oxygen atoms in total. The molecule has 1 saturated carbocycles. The van der Waals surface area contributed by atoms with E-state index in [0.29, 0.717) is 17.1 Å². The fraction of sp³-hybridized carbons (Fsp3) is 0.657. The Balaban J connectivity index is 0.876. The van der Waals surface area contributed by atoms with Crippen LogP contribution in [0.4, 0.5) is 11.4 Å². The Bertz CT molecular complexity index is 1380. The number of anilines is 1. The molecule has 1 aliphatic heterocycles. The van der Waals surface area contributed by atoms with Crippen LogP contribution in [0.1, 0.15) is 101 Å². The molecular formula is C35H50N6O4. The van der Waals surface area contributed by atoms with Gasteiger partial charge in [-0.2, -0.15) is 0 Å². The molecule has 45 heavy (non-hydrogen) atoms. The lowest BCUT2D eigenvalue weighted by Gasteiger charge is -2.41. The van der Waals surface area contributed by atoms with Crippen LogP contribution in [0.15, 0.2) is 35.0 Å². The molecule has 2 heterocycles. The molecule has 0 amide bonds. The minimum absolute atomic E-state index is 0.0965. The van der Waals surface area contributed by atoms with Gasteiger partial charge in [-0.1, -0.05) is 44.2 Å². The first-order valence-electron chi connectivity index (χ1n) is 17.5. The third-order valence-electron chi connectivity index (χ3n) is 10.3. The van der Waals surface area contributed by atoms with Gasteiger partial charge in [-0.25, -0.2) is 4.63 Å². The monoisotopic (exact) mass is 618 g/mol. The van der Waals surface area contributed by atoms with Gasteiger partial charge in [0.05, 0.1) is 17.2 Å². The standard InChI is InChI=1S/C35H50N6O4/c42-41(43)32-19-18-31(34-35(32)38-45-37-34)36-20-6-1-2-7-26-44-33-17-9-15-29-27(11-8-16-30(29)33)12-10-21-39-22-24-40(25-23-39)28-13-4-3-5-14-28/h9,15,17-19,27-28,36H,1-8,10-14,16,20-26H2. The minimum atomic E-state index is -0.469. The molecule has 0 radical (unpaired) electrons. The molecule has 244 valence electrons. The van der Waals surface area contributed by atoms with Crippen LogP contribution in [0.5, 0.6) is 5.75 Å². The van der Waals surface area contributed by atoms with E-state index in [1.807, 2.05) is 0 Å².